The number of benzene rings is 2. The first-order valence-corrected chi connectivity index (χ1v) is 8.04. The van der Waals surface area contributed by atoms with Gasteiger partial charge in [-0.05, 0) is 42.8 Å². The lowest BCUT2D eigenvalue weighted by atomic mass is 10.0. The molecule has 0 aliphatic carbocycles. The fourth-order valence-electron chi connectivity index (χ4n) is 2.88. The topological polar surface area (TPSA) is 49.6 Å². The molecule has 4 nitrogen and oxygen atoms in total. The summed E-state index contributed by atoms with van der Waals surface area (Å²) in [5, 5.41) is 0. The minimum absolute atomic E-state index is 0.0416. The van der Waals surface area contributed by atoms with Gasteiger partial charge in [0.05, 0.1) is 18.2 Å². The van der Waals surface area contributed by atoms with Crippen molar-refractivity contribution >= 4 is 17.3 Å². The lowest BCUT2D eigenvalue weighted by Crippen LogP contribution is -2.41. The van der Waals surface area contributed by atoms with Crippen molar-refractivity contribution in [3.63, 3.8) is 0 Å². The van der Waals surface area contributed by atoms with Crippen LogP contribution in [-0.4, -0.2) is 17.4 Å². The van der Waals surface area contributed by atoms with Gasteiger partial charge in [-0.2, -0.15) is 13.2 Å². The number of amides is 1. The predicted octanol–water partition coefficient (Wildman–Crippen LogP) is 4.17. The lowest BCUT2D eigenvalue weighted by Gasteiger charge is -2.34. The van der Waals surface area contributed by atoms with Crippen LogP contribution in [0.1, 0.15) is 24.1 Å². The number of rotatable bonds is 3. The van der Waals surface area contributed by atoms with E-state index < -0.39 is 17.8 Å². The van der Waals surface area contributed by atoms with Crippen LogP contribution in [0.25, 0.3) is 0 Å². The third kappa shape index (κ3) is 3.66. The van der Waals surface area contributed by atoms with E-state index in [4.69, 9.17) is 5.73 Å². The molecule has 0 radical (unpaired) electrons. The zero-order chi connectivity index (χ0) is 18.9. The Labute approximate surface area is 149 Å². The van der Waals surface area contributed by atoms with Crippen LogP contribution < -0.4 is 10.6 Å². The molecular formula is C19H18F3N3O. The highest BCUT2D eigenvalue weighted by Gasteiger charge is 2.32. The van der Waals surface area contributed by atoms with Crippen LogP contribution in [0.2, 0.25) is 0 Å². The predicted molar refractivity (Wildman–Crippen MR) is 94.0 cm³/mol. The summed E-state index contributed by atoms with van der Waals surface area (Å²) in [4.78, 5) is 15.7. The van der Waals surface area contributed by atoms with E-state index in [1.54, 1.807) is 24.2 Å². The highest BCUT2D eigenvalue weighted by Crippen LogP contribution is 2.34. The molecule has 2 aromatic carbocycles. The van der Waals surface area contributed by atoms with Gasteiger partial charge < -0.3 is 10.6 Å². The van der Waals surface area contributed by atoms with Crippen molar-refractivity contribution in [2.75, 3.05) is 17.2 Å². The average Bonchev–Trinajstić information content (AvgIpc) is 2.60. The normalized spacial score (nSPS) is 16.1. The number of alkyl halides is 3. The molecule has 0 spiro atoms. The summed E-state index contributed by atoms with van der Waals surface area (Å²) in [5.74, 6) is -0.162. The van der Waals surface area contributed by atoms with Gasteiger partial charge in [-0.3, -0.25) is 9.69 Å². The number of hydrogen-bond donors (Lipinski definition) is 1. The average molecular weight is 361 g/mol. The van der Waals surface area contributed by atoms with Gasteiger partial charge in [0.15, 0.2) is 0 Å². The Hall–Kier alpha value is -2.96. The summed E-state index contributed by atoms with van der Waals surface area (Å²) in [6.07, 6.45) is -1.15. The van der Waals surface area contributed by atoms with Gasteiger partial charge in [0.1, 0.15) is 0 Å². The first-order valence-electron chi connectivity index (χ1n) is 8.04. The summed E-state index contributed by atoms with van der Waals surface area (Å²) < 4.78 is 39.0. The highest BCUT2D eigenvalue weighted by atomic mass is 19.4. The third-order valence-corrected chi connectivity index (χ3v) is 4.31. The van der Waals surface area contributed by atoms with Crippen LogP contribution in [-0.2, 0) is 11.0 Å². The smallest absolute Gasteiger partial charge is 0.399 e. The fraction of sp³-hybridized carbons (Fsp3) is 0.211. The van der Waals surface area contributed by atoms with Crippen LogP contribution in [0.5, 0.6) is 0 Å². The summed E-state index contributed by atoms with van der Waals surface area (Å²) >= 11 is 0. The van der Waals surface area contributed by atoms with E-state index in [1.165, 1.54) is 11.0 Å². The molecular weight excluding hydrogens is 343 g/mol. The standard InChI is InChI=1S/C19H18F3N3O/c1-13(14-9-15(19(20,21)22)11-16(23)10-14)24-7-8-25(18(26)12-24)17-5-3-2-4-6-17/h2-11,13H,12,23H2,1H3/t13-/m1/s1. The van der Waals surface area contributed by atoms with Crippen LogP contribution >= 0.6 is 0 Å². The Balaban J connectivity index is 1.85. The molecule has 2 aromatic rings. The fourth-order valence-corrected chi connectivity index (χ4v) is 2.88. The molecule has 1 aliphatic rings. The van der Waals surface area contributed by atoms with Gasteiger partial charge in [-0.1, -0.05) is 18.2 Å². The van der Waals surface area contributed by atoms with Crippen LogP contribution in [0.4, 0.5) is 24.5 Å². The maximum absolute atomic E-state index is 13.0. The van der Waals surface area contributed by atoms with Gasteiger partial charge in [0, 0.05) is 23.8 Å². The number of hydrogen-bond acceptors (Lipinski definition) is 3. The second-order valence-electron chi connectivity index (χ2n) is 6.13. The van der Waals surface area contributed by atoms with Crippen LogP contribution in [0, 0.1) is 0 Å². The molecule has 0 bridgehead atoms. The molecule has 7 heteroatoms. The Morgan fingerprint density at radius 2 is 1.77 bits per heavy atom. The molecule has 0 fully saturated rings. The molecule has 3 rings (SSSR count). The number of nitrogen functional groups attached to an aromatic ring is 1. The van der Waals surface area contributed by atoms with Crippen molar-refractivity contribution in [1.82, 2.24) is 4.90 Å². The van der Waals surface area contributed by atoms with E-state index in [9.17, 15) is 18.0 Å². The van der Waals surface area contributed by atoms with Crippen molar-refractivity contribution in [1.29, 1.82) is 0 Å². The molecule has 1 aliphatic heterocycles. The number of carbonyl (C=O) groups excluding carboxylic acids is 1. The molecule has 0 aromatic heterocycles. The van der Waals surface area contributed by atoms with Crippen molar-refractivity contribution in [3.8, 4) is 0 Å². The van der Waals surface area contributed by atoms with Gasteiger partial charge in [-0.25, -0.2) is 0 Å². The van der Waals surface area contributed by atoms with E-state index in [0.717, 1.165) is 17.8 Å². The van der Waals surface area contributed by atoms with E-state index in [1.807, 2.05) is 30.3 Å². The van der Waals surface area contributed by atoms with Gasteiger partial charge in [0.25, 0.3) is 5.91 Å². The molecule has 0 saturated carbocycles. The Kier molecular flexibility index (Phi) is 4.63. The van der Waals surface area contributed by atoms with Crippen molar-refractivity contribution in [2.45, 2.75) is 19.1 Å². The minimum atomic E-state index is -4.47. The van der Waals surface area contributed by atoms with Gasteiger partial charge in [-0.15, -0.1) is 0 Å². The molecule has 26 heavy (non-hydrogen) atoms. The van der Waals surface area contributed by atoms with E-state index in [-0.39, 0.29) is 18.1 Å². The molecule has 1 atom stereocenters. The second kappa shape index (κ2) is 6.74. The zero-order valence-corrected chi connectivity index (χ0v) is 14.1. The SMILES string of the molecule is C[C@H](c1cc(N)cc(C(F)(F)F)c1)N1C=CN(c2ccccc2)C(=O)C1. The molecule has 1 amide bonds. The highest BCUT2D eigenvalue weighted by molar-refractivity contribution is 5.97. The number of para-hydroxylation sites is 1. The van der Waals surface area contributed by atoms with Gasteiger partial charge in [0.2, 0.25) is 0 Å². The van der Waals surface area contributed by atoms with E-state index in [2.05, 4.69) is 0 Å². The summed E-state index contributed by atoms with van der Waals surface area (Å²) in [6.45, 7) is 1.80. The Morgan fingerprint density at radius 1 is 1.08 bits per heavy atom. The van der Waals surface area contributed by atoms with Crippen LogP contribution in [0.15, 0.2) is 60.9 Å². The Morgan fingerprint density at radius 3 is 2.38 bits per heavy atom. The maximum atomic E-state index is 13.0. The molecule has 0 saturated heterocycles. The lowest BCUT2D eigenvalue weighted by molar-refractivity contribution is -0.137. The van der Waals surface area contributed by atoms with E-state index in [0.29, 0.717) is 5.56 Å². The quantitative estimate of drug-likeness (QED) is 0.835. The number of nitrogens with two attached hydrogens (primary N) is 1. The van der Waals surface area contributed by atoms with Crippen molar-refractivity contribution in [3.05, 3.63) is 72.1 Å². The first kappa shape index (κ1) is 17.8. The molecule has 136 valence electrons. The summed E-state index contributed by atoms with van der Waals surface area (Å²) in [7, 11) is 0. The van der Waals surface area contributed by atoms with Crippen molar-refractivity contribution in [2.24, 2.45) is 0 Å². The second-order valence-corrected chi connectivity index (χ2v) is 6.13. The largest absolute Gasteiger partial charge is 0.416 e. The maximum Gasteiger partial charge on any atom is 0.416 e. The molecule has 0 unspecified atom stereocenters. The number of nitrogens with zero attached hydrogens (tertiary/aromatic N) is 2. The molecule has 1 heterocycles. The number of halogens is 3. The third-order valence-electron chi connectivity index (χ3n) is 4.31. The Bertz CT molecular complexity index is 834. The van der Waals surface area contributed by atoms with Crippen LogP contribution in [0.3, 0.4) is 0 Å². The first-order chi connectivity index (χ1) is 12.3. The van der Waals surface area contributed by atoms with Gasteiger partial charge >= 0.3 is 6.18 Å². The zero-order valence-electron chi connectivity index (χ0n) is 14.1. The summed E-state index contributed by atoms with van der Waals surface area (Å²) in [6, 6.07) is 12.2. The van der Waals surface area contributed by atoms with E-state index >= 15 is 0 Å². The molecule has 2 N–H and O–H groups in total. The summed E-state index contributed by atoms with van der Waals surface area (Å²) in [5.41, 5.74) is 6.03. The number of anilines is 2. The van der Waals surface area contributed by atoms with Crippen molar-refractivity contribution < 1.29 is 18.0 Å². The number of carbonyl (C=O) groups is 1. The minimum Gasteiger partial charge on any atom is -0.399 e. The monoisotopic (exact) mass is 361 g/mol.